The summed E-state index contributed by atoms with van der Waals surface area (Å²) < 4.78 is 5.65. The molecule has 2 aromatic carbocycles. The molecule has 1 aliphatic heterocycles. The second-order valence-electron chi connectivity index (χ2n) is 7.86. The molecular formula is C23H29N3O3. The summed E-state index contributed by atoms with van der Waals surface area (Å²) in [7, 11) is 2.06. The molecule has 154 valence electrons. The molecule has 6 heteroatoms. The van der Waals surface area contributed by atoms with Gasteiger partial charge in [-0.05, 0) is 55.4 Å². The monoisotopic (exact) mass is 395 g/mol. The molecule has 2 amide bonds. The summed E-state index contributed by atoms with van der Waals surface area (Å²) in [6.45, 7) is 8.00. The number of hydrogen-bond donors (Lipinski definition) is 1. The maximum Gasteiger partial charge on any atom is 0.255 e. The van der Waals surface area contributed by atoms with Crippen LogP contribution in [0.4, 0.5) is 5.69 Å². The molecule has 0 unspecified atom stereocenters. The third-order valence-electron chi connectivity index (χ3n) is 4.86. The Morgan fingerprint density at radius 2 is 1.69 bits per heavy atom. The van der Waals surface area contributed by atoms with E-state index in [1.54, 1.807) is 48.5 Å². The molecule has 29 heavy (non-hydrogen) atoms. The van der Waals surface area contributed by atoms with Gasteiger partial charge in [-0.1, -0.05) is 19.9 Å². The van der Waals surface area contributed by atoms with Gasteiger partial charge in [0.15, 0.2) is 0 Å². The number of piperazine rings is 1. The van der Waals surface area contributed by atoms with Crippen molar-refractivity contribution in [3.63, 3.8) is 0 Å². The second-order valence-corrected chi connectivity index (χ2v) is 7.86. The van der Waals surface area contributed by atoms with Gasteiger partial charge in [0, 0.05) is 43.0 Å². The first-order valence-electron chi connectivity index (χ1n) is 10.0. The Morgan fingerprint density at radius 1 is 1.00 bits per heavy atom. The molecule has 3 rings (SSSR count). The topological polar surface area (TPSA) is 61.9 Å². The lowest BCUT2D eigenvalue weighted by Gasteiger charge is -2.32. The molecule has 0 aliphatic carbocycles. The minimum Gasteiger partial charge on any atom is -0.493 e. The van der Waals surface area contributed by atoms with Crippen LogP contribution in [0.3, 0.4) is 0 Å². The lowest BCUT2D eigenvalue weighted by atomic mass is 10.1. The predicted octanol–water partition coefficient (Wildman–Crippen LogP) is 3.36. The standard InChI is InChI=1S/C23H29N3O3/c1-17(2)16-29-21-9-7-18(8-10-21)22(27)24-20-6-4-5-19(15-20)23(28)26-13-11-25(3)12-14-26/h4-10,15,17H,11-14,16H2,1-3H3,(H,24,27). The van der Waals surface area contributed by atoms with E-state index in [1.165, 1.54) is 0 Å². The highest BCUT2D eigenvalue weighted by Gasteiger charge is 2.20. The van der Waals surface area contributed by atoms with Crippen molar-refractivity contribution in [3.8, 4) is 5.75 Å². The largest absolute Gasteiger partial charge is 0.493 e. The quantitative estimate of drug-likeness (QED) is 0.815. The van der Waals surface area contributed by atoms with Crippen molar-refractivity contribution >= 4 is 17.5 Å². The van der Waals surface area contributed by atoms with E-state index in [4.69, 9.17) is 4.74 Å². The summed E-state index contributed by atoms with van der Waals surface area (Å²) in [5, 5.41) is 2.87. The number of amides is 2. The van der Waals surface area contributed by atoms with E-state index in [0.29, 0.717) is 29.3 Å². The summed E-state index contributed by atoms with van der Waals surface area (Å²) in [6.07, 6.45) is 0. The Labute approximate surface area is 172 Å². The Bertz CT molecular complexity index is 841. The summed E-state index contributed by atoms with van der Waals surface area (Å²) >= 11 is 0. The van der Waals surface area contributed by atoms with Gasteiger partial charge in [0.1, 0.15) is 5.75 Å². The molecule has 0 aromatic heterocycles. The van der Waals surface area contributed by atoms with Crippen molar-refractivity contribution in [1.82, 2.24) is 9.80 Å². The van der Waals surface area contributed by atoms with E-state index in [0.717, 1.165) is 31.9 Å². The average molecular weight is 396 g/mol. The Kier molecular flexibility index (Phi) is 6.88. The van der Waals surface area contributed by atoms with Gasteiger partial charge in [-0.25, -0.2) is 0 Å². The zero-order chi connectivity index (χ0) is 20.8. The van der Waals surface area contributed by atoms with Crippen molar-refractivity contribution in [2.24, 2.45) is 5.92 Å². The van der Waals surface area contributed by atoms with Gasteiger partial charge < -0.3 is 19.9 Å². The molecule has 1 heterocycles. The van der Waals surface area contributed by atoms with Gasteiger partial charge in [-0.15, -0.1) is 0 Å². The Morgan fingerprint density at radius 3 is 2.34 bits per heavy atom. The first-order valence-corrected chi connectivity index (χ1v) is 10.0. The number of anilines is 1. The summed E-state index contributed by atoms with van der Waals surface area (Å²) in [5.41, 5.74) is 1.73. The first kappa shape index (κ1) is 20.9. The average Bonchev–Trinajstić information content (AvgIpc) is 2.73. The Balaban J connectivity index is 1.62. The van der Waals surface area contributed by atoms with Crippen LogP contribution in [0, 0.1) is 5.92 Å². The molecular weight excluding hydrogens is 366 g/mol. The lowest BCUT2D eigenvalue weighted by molar-refractivity contribution is 0.0664. The van der Waals surface area contributed by atoms with Crippen molar-refractivity contribution in [2.75, 3.05) is 45.2 Å². The van der Waals surface area contributed by atoms with Crippen LogP contribution in [-0.4, -0.2) is 61.4 Å². The maximum atomic E-state index is 12.7. The number of likely N-dealkylation sites (N-methyl/N-ethyl adjacent to an activating group) is 1. The predicted molar refractivity (Wildman–Crippen MR) is 115 cm³/mol. The summed E-state index contributed by atoms with van der Waals surface area (Å²) in [6, 6.07) is 14.2. The van der Waals surface area contributed by atoms with E-state index in [2.05, 4.69) is 31.1 Å². The van der Waals surface area contributed by atoms with E-state index in [-0.39, 0.29) is 11.8 Å². The third-order valence-corrected chi connectivity index (χ3v) is 4.86. The number of ether oxygens (including phenoxy) is 1. The van der Waals surface area contributed by atoms with E-state index < -0.39 is 0 Å². The highest BCUT2D eigenvalue weighted by Crippen LogP contribution is 2.17. The number of rotatable bonds is 6. The van der Waals surface area contributed by atoms with Crippen LogP contribution >= 0.6 is 0 Å². The van der Waals surface area contributed by atoms with Gasteiger partial charge in [-0.2, -0.15) is 0 Å². The van der Waals surface area contributed by atoms with Gasteiger partial charge in [0.2, 0.25) is 0 Å². The molecule has 2 aromatic rings. The highest BCUT2D eigenvalue weighted by atomic mass is 16.5. The van der Waals surface area contributed by atoms with Crippen molar-refractivity contribution in [3.05, 3.63) is 59.7 Å². The van der Waals surface area contributed by atoms with Gasteiger partial charge >= 0.3 is 0 Å². The SMILES string of the molecule is CC(C)COc1ccc(C(=O)Nc2cccc(C(=O)N3CCN(C)CC3)c2)cc1. The number of carbonyl (C=O) groups is 2. The normalized spacial score (nSPS) is 14.7. The van der Waals surface area contributed by atoms with Gasteiger partial charge in [-0.3, -0.25) is 9.59 Å². The van der Waals surface area contributed by atoms with Crippen molar-refractivity contribution < 1.29 is 14.3 Å². The minimum absolute atomic E-state index is 0.000790. The fourth-order valence-corrected chi connectivity index (χ4v) is 3.09. The van der Waals surface area contributed by atoms with Crippen molar-refractivity contribution in [2.45, 2.75) is 13.8 Å². The van der Waals surface area contributed by atoms with Crippen LogP contribution in [0.25, 0.3) is 0 Å². The van der Waals surface area contributed by atoms with Crippen LogP contribution in [0.2, 0.25) is 0 Å². The first-order chi connectivity index (χ1) is 13.9. The van der Waals surface area contributed by atoms with Crippen molar-refractivity contribution in [1.29, 1.82) is 0 Å². The molecule has 6 nitrogen and oxygen atoms in total. The maximum absolute atomic E-state index is 12.7. The molecule has 0 radical (unpaired) electrons. The molecule has 0 atom stereocenters. The fraction of sp³-hybridized carbons (Fsp3) is 0.391. The molecule has 1 fully saturated rings. The third kappa shape index (κ3) is 5.81. The zero-order valence-electron chi connectivity index (χ0n) is 17.4. The second kappa shape index (κ2) is 9.56. The molecule has 1 aliphatic rings. The number of carbonyl (C=O) groups excluding carboxylic acids is 2. The number of nitrogens with zero attached hydrogens (tertiary/aromatic N) is 2. The number of nitrogens with one attached hydrogen (secondary N) is 1. The number of hydrogen-bond acceptors (Lipinski definition) is 4. The van der Waals surface area contributed by atoms with E-state index in [9.17, 15) is 9.59 Å². The highest BCUT2D eigenvalue weighted by molar-refractivity contribution is 6.05. The van der Waals surface area contributed by atoms with Crippen LogP contribution in [0.1, 0.15) is 34.6 Å². The van der Waals surface area contributed by atoms with E-state index >= 15 is 0 Å². The van der Waals surface area contributed by atoms with Crippen LogP contribution < -0.4 is 10.1 Å². The summed E-state index contributed by atoms with van der Waals surface area (Å²) in [5.74, 6) is 0.972. The fourth-order valence-electron chi connectivity index (χ4n) is 3.09. The van der Waals surface area contributed by atoms with Crippen LogP contribution in [-0.2, 0) is 0 Å². The lowest BCUT2D eigenvalue weighted by Crippen LogP contribution is -2.47. The molecule has 1 saturated heterocycles. The van der Waals surface area contributed by atoms with Crippen LogP contribution in [0.5, 0.6) is 5.75 Å². The molecule has 0 bridgehead atoms. The van der Waals surface area contributed by atoms with E-state index in [1.807, 2.05) is 4.90 Å². The Hall–Kier alpha value is -2.86. The summed E-state index contributed by atoms with van der Waals surface area (Å²) in [4.78, 5) is 29.4. The van der Waals surface area contributed by atoms with Crippen LogP contribution in [0.15, 0.2) is 48.5 Å². The minimum atomic E-state index is -0.218. The molecule has 1 N–H and O–H groups in total. The zero-order valence-corrected chi connectivity index (χ0v) is 17.4. The smallest absolute Gasteiger partial charge is 0.255 e. The number of benzene rings is 2. The van der Waals surface area contributed by atoms with Gasteiger partial charge in [0.25, 0.3) is 11.8 Å². The van der Waals surface area contributed by atoms with Gasteiger partial charge in [0.05, 0.1) is 6.61 Å². The molecule has 0 spiro atoms. The molecule has 0 saturated carbocycles.